The largest absolute Gasteiger partial charge is 0.385 e. The minimum Gasteiger partial charge on any atom is -0.385 e. The molecular weight excluding hydrogens is 304 g/mol. The molecule has 0 aliphatic carbocycles. The standard InChI is InChI=1S/C19H30N2O3/c1-16-9-8-10-17(15-16)19(23,11-4-7-14-24-2)20-18(22)21-12-5-3-6-13-21/h8-10,15,23H,3-7,11-14H2,1-2H3,(H,20,22)/t19-/m0/s1. The maximum atomic E-state index is 12.6. The third-order valence-electron chi connectivity index (χ3n) is 4.59. The predicted octanol–water partition coefficient (Wildman–Crippen LogP) is 3.15. The zero-order valence-corrected chi connectivity index (χ0v) is 14.9. The first-order valence-electron chi connectivity index (χ1n) is 8.91. The average molecular weight is 334 g/mol. The fraction of sp³-hybridized carbons (Fsp3) is 0.632. The van der Waals surface area contributed by atoms with E-state index in [1.54, 1.807) is 12.0 Å². The quantitative estimate of drug-likeness (QED) is 0.595. The highest BCUT2D eigenvalue weighted by Gasteiger charge is 2.32. The highest BCUT2D eigenvalue weighted by molar-refractivity contribution is 5.75. The molecule has 0 aromatic heterocycles. The Balaban J connectivity index is 2.10. The molecule has 1 aliphatic rings. The van der Waals surface area contributed by atoms with E-state index in [1.165, 1.54) is 6.42 Å². The van der Waals surface area contributed by atoms with Gasteiger partial charge in [0.15, 0.2) is 5.72 Å². The Bertz CT molecular complexity index is 529. The number of piperidine rings is 1. The van der Waals surface area contributed by atoms with E-state index in [1.807, 2.05) is 31.2 Å². The second-order valence-corrected chi connectivity index (χ2v) is 6.66. The molecule has 5 nitrogen and oxygen atoms in total. The van der Waals surface area contributed by atoms with Crippen molar-refractivity contribution in [1.82, 2.24) is 10.2 Å². The first kappa shape index (κ1) is 18.7. The van der Waals surface area contributed by atoms with E-state index >= 15 is 0 Å². The maximum absolute atomic E-state index is 12.6. The van der Waals surface area contributed by atoms with Crippen molar-refractivity contribution >= 4 is 6.03 Å². The molecular formula is C19H30N2O3. The van der Waals surface area contributed by atoms with Crippen LogP contribution in [0.15, 0.2) is 24.3 Å². The van der Waals surface area contributed by atoms with E-state index in [-0.39, 0.29) is 6.03 Å². The molecule has 2 rings (SSSR count). The molecule has 1 aromatic rings. The van der Waals surface area contributed by atoms with Gasteiger partial charge in [-0.1, -0.05) is 29.8 Å². The molecule has 1 saturated heterocycles. The van der Waals surface area contributed by atoms with Crippen molar-refractivity contribution in [2.75, 3.05) is 26.8 Å². The summed E-state index contributed by atoms with van der Waals surface area (Å²) in [6, 6.07) is 7.54. The fourth-order valence-corrected chi connectivity index (χ4v) is 3.16. The van der Waals surface area contributed by atoms with Crippen molar-refractivity contribution in [3.63, 3.8) is 0 Å². The van der Waals surface area contributed by atoms with Gasteiger partial charge in [-0.2, -0.15) is 0 Å². The number of likely N-dealkylation sites (tertiary alicyclic amines) is 1. The number of benzene rings is 1. The molecule has 0 spiro atoms. The molecule has 2 amide bonds. The van der Waals surface area contributed by atoms with E-state index in [0.717, 1.165) is 49.9 Å². The Labute approximate surface area is 145 Å². The van der Waals surface area contributed by atoms with Gasteiger partial charge in [0.05, 0.1) is 0 Å². The van der Waals surface area contributed by atoms with Crippen LogP contribution in [0.3, 0.4) is 0 Å². The van der Waals surface area contributed by atoms with Gasteiger partial charge in [-0.25, -0.2) is 4.79 Å². The Morgan fingerprint density at radius 1 is 1.29 bits per heavy atom. The lowest BCUT2D eigenvalue weighted by Crippen LogP contribution is -2.52. The maximum Gasteiger partial charge on any atom is 0.319 e. The molecule has 0 saturated carbocycles. The smallest absolute Gasteiger partial charge is 0.319 e. The van der Waals surface area contributed by atoms with Crippen LogP contribution < -0.4 is 5.32 Å². The molecule has 134 valence electrons. The number of aryl methyl sites for hydroxylation is 1. The van der Waals surface area contributed by atoms with E-state index in [0.29, 0.717) is 13.0 Å². The van der Waals surface area contributed by atoms with Crippen LogP contribution in [-0.4, -0.2) is 42.8 Å². The van der Waals surface area contributed by atoms with Crippen molar-refractivity contribution in [2.45, 2.75) is 51.2 Å². The van der Waals surface area contributed by atoms with Gasteiger partial charge in [-0.15, -0.1) is 0 Å². The number of aliphatic hydroxyl groups is 1. The Morgan fingerprint density at radius 2 is 2.04 bits per heavy atom. The molecule has 0 bridgehead atoms. The van der Waals surface area contributed by atoms with Crippen LogP contribution in [-0.2, 0) is 10.5 Å². The van der Waals surface area contributed by atoms with Gasteiger partial charge in [0.1, 0.15) is 0 Å². The van der Waals surface area contributed by atoms with Gasteiger partial charge in [0, 0.05) is 32.4 Å². The summed E-state index contributed by atoms with van der Waals surface area (Å²) >= 11 is 0. The molecule has 5 heteroatoms. The van der Waals surface area contributed by atoms with Crippen molar-refractivity contribution < 1.29 is 14.6 Å². The van der Waals surface area contributed by atoms with Crippen LogP contribution in [0.2, 0.25) is 0 Å². The predicted molar refractivity (Wildman–Crippen MR) is 94.8 cm³/mol. The summed E-state index contributed by atoms with van der Waals surface area (Å²) in [5.74, 6) is 0. The van der Waals surface area contributed by atoms with Crippen molar-refractivity contribution in [2.24, 2.45) is 0 Å². The van der Waals surface area contributed by atoms with Crippen LogP contribution in [0.1, 0.15) is 49.7 Å². The summed E-state index contributed by atoms with van der Waals surface area (Å²) in [6.07, 6.45) is 5.33. The monoisotopic (exact) mass is 334 g/mol. The second kappa shape index (κ2) is 9.04. The highest BCUT2D eigenvalue weighted by atomic mass is 16.5. The first-order chi connectivity index (χ1) is 11.5. The molecule has 1 heterocycles. The van der Waals surface area contributed by atoms with Gasteiger partial charge in [-0.05, 0) is 45.4 Å². The number of ether oxygens (including phenoxy) is 1. The number of carbonyl (C=O) groups is 1. The average Bonchev–Trinajstić information content (AvgIpc) is 2.59. The lowest BCUT2D eigenvalue weighted by molar-refractivity contribution is -0.00516. The summed E-state index contributed by atoms with van der Waals surface area (Å²) in [7, 11) is 1.67. The summed E-state index contributed by atoms with van der Waals surface area (Å²) in [5.41, 5.74) is 0.467. The normalized spacial score (nSPS) is 17.4. The molecule has 24 heavy (non-hydrogen) atoms. The number of amides is 2. The first-order valence-corrected chi connectivity index (χ1v) is 8.91. The number of hydrogen-bond acceptors (Lipinski definition) is 3. The van der Waals surface area contributed by atoms with Crippen LogP contribution >= 0.6 is 0 Å². The number of nitrogens with zero attached hydrogens (tertiary/aromatic N) is 1. The second-order valence-electron chi connectivity index (χ2n) is 6.66. The van der Waals surface area contributed by atoms with E-state index in [4.69, 9.17) is 4.74 Å². The van der Waals surface area contributed by atoms with Gasteiger partial charge in [0.25, 0.3) is 0 Å². The fourth-order valence-electron chi connectivity index (χ4n) is 3.16. The molecule has 1 fully saturated rings. The van der Waals surface area contributed by atoms with E-state index in [2.05, 4.69) is 5.32 Å². The summed E-state index contributed by atoms with van der Waals surface area (Å²) in [5, 5.41) is 14.1. The minimum atomic E-state index is -1.34. The number of rotatable bonds is 7. The third-order valence-corrected chi connectivity index (χ3v) is 4.59. The SMILES string of the molecule is COCCCC[C@@](O)(NC(=O)N1CCCCC1)c1cccc(C)c1. The van der Waals surface area contributed by atoms with Crippen LogP contribution in [0, 0.1) is 6.92 Å². The number of methoxy groups -OCH3 is 1. The van der Waals surface area contributed by atoms with Crippen molar-refractivity contribution in [3.8, 4) is 0 Å². The topological polar surface area (TPSA) is 61.8 Å². The summed E-state index contributed by atoms with van der Waals surface area (Å²) in [4.78, 5) is 14.4. The van der Waals surface area contributed by atoms with Gasteiger partial charge in [-0.3, -0.25) is 0 Å². The number of hydrogen-bond donors (Lipinski definition) is 2. The zero-order valence-electron chi connectivity index (χ0n) is 14.9. The molecule has 0 radical (unpaired) electrons. The van der Waals surface area contributed by atoms with Gasteiger partial charge < -0.3 is 20.1 Å². The molecule has 0 unspecified atom stereocenters. The number of urea groups is 1. The van der Waals surface area contributed by atoms with Gasteiger partial charge >= 0.3 is 6.03 Å². The third kappa shape index (κ3) is 5.21. The number of nitrogens with one attached hydrogen (secondary N) is 1. The van der Waals surface area contributed by atoms with Crippen molar-refractivity contribution in [3.05, 3.63) is 35.4 Å². The lowest BCUT2D eigenvalue weighted by Gasteiger charge is -2.34. The van der Waals surface area contributed by atoms with Crippen molar-refractivity contribution in [1.29, 1.82) is 0 Å². The van der Waals surface area contributed by atoms with Crippen LogP contribution in [0.4, 0.5) is 4.79 Å². The highest BCUT2D eigenvalue weighted by Crippen LogP contribution is 2.26. The van der Waals surface area contributed by atoms with Crippen LogP contribution in [0.25, 0.3) is 0 Å². The molecule has 1 aromatic carbocycles. The van der Waals surface area contributed by atoms with Crippen LogP contribution in [0.5, 0.6) is 0 Å². The van der Waals surface area contributed by atoms with Gasteiger partial charge in [0.2, 0.25) is 0 Å². The minimum absolute atomic E-state index is 0.176. The van der Waals surface area contributed by atoms with E-state index < -0.39 is 5.72 Å². The number of unbranched alkanes of at least 4 members (excludes halogenated alkanes) is 1. The van der Waals surface area contributed by atoms with E-state index in [9.17, 15) is 9.90 Å². The molecule has 2 N–H and O–H groups in total. The lowest BCUT2D eigenvalue weighted by atomic mass is 9.95. The molecule has 1 atom stereocenters. The Kier molecular flexibility index (Phi) is 7.06. The Morgan fingerprint density at radius 3 is 2.71 bits per heavy atom. The number of carbonyl (C=O) groups excluding carboxylic acids is 1. The molecule has 1 aliphatic heterocycles. The summed E-state index contributed by atoms with van der Waals surface area (Å²) in [6.45, 7) is 4.17. The zero-order chi connectivity index (χ0) is 17.4. The summed E-state index contributed by atoms with van der Waals surface area (Å²) < 4.78 is 5.08. The Hall–Kier alpha value is -1.59.